The van der Waals surface area contributed by atoms with Crippen molar-refractivity contribution in [2.45, 2.75) is 50.7 Å². The van der Waals surface area contributed by atoms with Gasteiger partial charge >= 0.3 is 0 Å². The largest absolute Gasteiger partial charge is 0.307 e. The zero-order chi connectivity index (χ0) is 13.2. The predicted molar refractivity (Wildman–Crippen MR) is 75.6 cm³/mol. The lowest BCUT2D eigenvalue weighted by Crippen LogP contribution is -2.44. The molecule has 104 valence electrons. The molecule has 1 atom stereocenters. The van der Waals surface area contributed by atoms with Crippen LogP contribution in [0.5, 0.6) is 0 Å². The monoisotopic (exact) mass is 262 g/mol. The number of benzene rings is 1. The molecule has 2 fully saturated rings. The lowest BCUT2D eigenvalue weighted by Gasteiger charge is -2.34. The minimum atomic E-state index is -0.144. The smallest absolute Gasteiger partial charge is 0.123 e. The number of hydrogen-bond donors (Lipinski definition) is 1. The maximum Gasteiger partial charge on any atom is 0.123 e. The third-order valence-corrected chi connectivity index (χ3v) is 4.43. The Hall–Kier alpha value is -0.930. The Bertz CT molecular complexity index is 423. The summed E-state index contributed by atoms with van der Waals surface area (Å²) in [4.78, 5) is 2.63. The van der Waals surface area contributed by atoms with Gasteiger partial charge in [0.2, 0.25) is 0 Å². The van der Waals surface area contributed by atoms with Gasteiger partial charge in [0.25, 0.3) is 0 Å². The quantitative estimate of drug-likeness (QED) is 0.897. The maximum atomic E-state index is 13.2. The van der Waals surface area contributed by atoms with Crippen molar-refractivity contribution in [3.8, 4) is 0 Å². The van der Waals surface area contributed by atoms with Gasteiger partial charge in [-0.3, -0.25) is 0 Å². The summed E-state index contributed by atoms with van der Waals surface area (Å²) in [5.74, 6) is -0.144. The van der Waals surface area contributed by atoms with Crippen molar-refractivity contribution in [1.82, 2.24) is 10.2 Å². The van der Waals surface area contributed by atoms with Gasteiger partial charge in [-0.15, -0.1) is 0 Å². The Balaban J connectivity index is 1.51. The minimum absolute atomic E-state index is 0.144. The van der Waals surface area contributed by atoms with Crippen LogP contribution in [0, 0.1) is 5.82 Å². The number of halogens is 1. The van der Waals surface area contributed by atoms with E-state index >= 15 is 0 Å². The van der Waals surface area contributed by atoms with Crippen molar-refractivity contribution < 1.29 is 4.39 Å². The highest BCUT2D eigenvalue weighted by molar-refractivity contribution is 5.19. The third-order valence-electron chi connectivity index (χ3n) is 4.43. The number of piperidine rings is 1. The molecule has 1 saturated heterocycles. The Morgan fingerprint density at radius 2 is 1.95 bits per heavy atom. The summed E-state index contributed by atoms with van der Waals surface area (Å²) in [5, 5.41) is 3.65. The van der Waals surface area contributed by atoms with Crippen molar-refractivity contribution in [2.24, 2.45) is 0 Å². The second-order valence-corrected chi connectivity index (χ2v) is 5.98. The Morgan fingerprint density at radius 3 is 2.58 bits per heavy atom. The average molecular weight is 262 g/mol. The van der Waals surface area contributed by atoms with Crippen LogP contribution in [0.1, 0.15) is 44.2 Å². The fraction of sp³-hybridized carbons (Fsp3) is 0.625. The molecule has 0 radical (unpaired) electrons. The van der Waals surface area contributed by atoms with Gasteiger partial charge in [0, 0.05) is 18.1 Å². The van der Waals surface area contributed by atoms with Gasteiger partial charge in [0.05, 0.1) is 0 Å². The number of likely N-dealkylation sites (tertiary alicyclic amines) is 1. The molecule has 1 aliphatic carbocycles. The van der Waals surface area contributed by atoms with E-state index in [-0.39, 0.29) is 11.9 Å². The summed E-state index contributed by atoms with van der Waals surface area (Å²) in [7, 11) is 0. The van der Waals surface area contributed by atoms with E-state index < -0.39 is 0 Å². The molecule has 0 aromatic heterocycles. The maximum absolute atomic E-state index is 13.2. The van der Waals surface area contributed by atoms with E-state index in [2.05, 4.69) is 17.1 Å². The van der Waals surface area contributed by atoms with Crippen molar-refractivity contribution in [2.75, 3.05) is 13.1 Å². The summed E-state index contributed by atoms with van der Waals surface area (Å²) in [6.07, 6.45) is 5.24. The summed E-state index contributed by atoms with van der Waals surface area (Å²) >= 11 is 0. The molecule has 1 aromatic rings. The Morgan fingerprint density at radius 1 is 1.21 bits per heavy atom. The summed E-state index contributed by atoms with van der Waals surface area (Å²) in [5.41, 5.74) is 1.05. The van der Waals surface area contributed by atoms with Gasteiger partial charge in [0.1, 0.15) is 5.82 Å². The van der Waals surface area contributed by atoms with Crippen molar-refractivity contribution in [3.63, 3.8) is 0 Å². The zero-order valence-corrected chi connectivity index (χ0v) is 11.6. The molecule has 3 rings (SSSR count). The summed E-state index contributed by atoms with van der Waals surface area (Å²) in [6, 6.07) is 8.63. The van der Waals surface area contributed by atoms with Crippen LogP contribution >= 0.6 is 0 Å². The highest BCUT2D eigenvalue weighted by atomic mass is 19.1. The van der Waals surface area contributed by atoms with Crippen LogP contribution in [0.2, 0.25) is 0 Å². The van der Waals surface area contributed by atoms with Crippen LogP contribution in [0.25, 0.3) is 0 Å². The fourth-order valence-corrected chi connectivity index (χ4v) is 3.10. The van der Waals surface area contributed by atoms with Crippen LogP contribution in [0.3, 0.4) is 0 Å². The lowest BCUT2D eigenvalue weighted by atomic mass is 10.0. The molecule has 1 heterocycles. The molecular formula is C16H23FN2. The molecule has 1 unspecified atom stereocenters. The molecule has 0 bridgehead atoms. The van der Waals surface area contributed by atoms with Crippen molar-refractivity contribution >= 4 is 0 Å². The van der Waals surface area contributed by atoms with Crippen molar-refractivity contribution in [1.29, 1.82) is 0 Å². The number of rotatable bonds is 4. The standard InChI is InChI=1S/C16H23FN2/c1-12(13-3-2-4-14(17)11-13)18-15-7-9-19(10-8-15)16-5-6-16/h2-4,11-12,15-16,18H,5-10H2,1H3. The molecule has 1 saturated carbocycles. The number of hydrogen-bond acceptors (Lipinski definition) is 2. The normalized spacial score (nSPS) is 23.5. The molecule has 19 heavy (non-hydrogen) atoms. The lowest BCUT2D eigenvalue weighted by molar-refractivity contribution is 0.184. The van der Waals surface area contributed by atoms with E-state index in [1.54, 1.807) is 12.1 Å². The molecule has 1 aromatic carbocycles. The van der Waals surface area contributed by atoms with Crippen LogP contribution < -0.4 is 5.32 Å². The van der Waals surface area contributed by atoms with Gasteiger partial charge < -0.3 is 10.2 Å². The van der Waals surface area contributed by atoms with Gasteiger partial charge in [0.15, 0.2) is 0 Å². The van der Waals surface area contributed by atoms with Gasteiger partial charge in [-0.25, -0.2) is 4.39 Å². The first-order chi connectivity index (χ1) is 9.22. The zero-order valence-electron chi connectivity index (χ0n) is 11.6. The van der Waals surface area contributed by atoms with E-state index in [4.69, 9.17) is 0 Å². The SMILES string of the molecule is CC(NC1CCN(C2CC2)CC1)c1cccc(F)c1. The first kappa shape index (κ1) is 13.1. The van der Waals surface area contributed by atoms with E-state index in [9.17, 15) is 4.39 Å². The van der Waals surface area contributed by atoms with Gasteiger partial charge in [-0.2, -0.15) is 0 Å². The Kier molecular flexibility index (Phi) is 3.85. The minimum Gasteiger partial charge on any atom is -0.307 e. The third kappa shape index (κ3) is 3.34. The van der Waals surface area contributed by atoms with Gasteiger partial charge in [-0.05, 0) is 63.4 Å². The average Bonchev–Trinajstić information content (AvgIpc) is 3.24. The second kappa shape index (κ2) is 5.59. The first-order valence-electron chi connectivity index (χ1n) is 7.48. The highest BCUT2D eigenvalue weighted by Gasteiger charge is 2.31. The van der Waals surface area contributed by atoms with E-state index in [1.807, 2.05) is 6.07 Å². The van der Waals surface area contributed by atoms with E-state index in [0.29, 0.717) is 6.04 Å². The summed E-state index contributed by atoms with van der Waals surface area (Å²) < 4.78 is 13.2. The number of nitrogens with one attached hydrogen (secondary N) is 1. The molecule has 0 amide bonds. The first-order valence-corrected chi connectivity index (χ1v) is 7.48. The van der Waals surface area contributed by atoms with Crippen LogP contribution in [0.4, 0.5) is 4.39 Å². The van der Waals surface area contributed by atoms with Crippen LogP contribution in [-0.4, -0.2) is 30.1 Å². The molecule has 3 heteroatoms. The fourth-order valence-electron chi connectivity index (χ4n) is 3.10. The van der Waals surface area contributed by atoms with E-state index in [0.717, 1.165) is 11.6 Å². The van der Waals surface area contributed by atoms with Crippen LogP contribution in [-0.2, 0) is 0 Å². The molecule has 1 N–H and O–H groups in total. The second-order valence-electron chi connectivity index (χ2n) is 5.98. The molecule has 2 aliphatic rings. The van der Waals surface area contributed by atoms with Crippen molar-refractivity contribution in [3.05, 3.63) is 35.6 Å². The molecule has 1 aliphatic heterocycles. The predicted octanol–water partition coefficient (Wildman–Crippen LogP) is 3.10. The van der Waals surface area contributed by atoms with Gasteiger partial charge in [-0.1, -0.05) is 12.1 Å². The van der Waals surface area contributed by atoms with E-state index in [1.165, 1.54) is 44.8 Å². The molecule has 0 spiro atoms. The highest BCUT2D eigenvalue weighted by Crippen LogP contribution is 2.29. The number of nitrogens with zero attached hydrogens (tertiary/aromatic N) is 1. The summed E-state index contributed by atoms with van der Waals surface area (Å²) in [6.45, 7) is 4.57. The topological polar surface area (TPSA) is 15.3 Å². The molecular weight excluding hydrogens is 239 g/mol. The molecule has 2 nitrogen and oxygen atoms in total. The van der Waals surface area contributed by atoms with Crippen LogP contribution in [0.15, 0.2) is 24.3 Å². The Labute approximate surface area is 115 Å².